The Morgan fingerprint density at radius 2 is 2.00 bits per heavy atom. The standard InChI is InChI=1S/C22H29FO5/c1-11-6-14-13-8-16(23)15-7-12(25)4-5-20(15,2)19(13)17(26)9-21(14,3)22(11,28)18(27)10-24/h4-5,7,11,13-14,16-17,19,24,26,28H,6,8-10H2,1-3H3. The van der Waals surface area contributed by atoms with E-state index in [0.29, 0.717) is 12.0 Å². The van der Waals surface area contributed by atoms with Crippen LogP contribution in [0.5, 0.6) is 0 Å². The van der Waals surface area contributed by atoms with E-state index in [-0.39, 0.29) is 42.3 Å². The predicted molar refractivity (Wildman–Crippen MR) is 99.9 cm³/mol. The van der Waals surface area contributed by atoms with Gasteiger partial charge in [0.2, 0.25) is 0 Å². The van der Waals surface area contributed by atoms with Crippen LogP contribution >= 0.6 is 0 Å². The fourth-order valence-electron chi connectivity index (χ4n) is 7.38. The predicted octanol–water partition coefficient (Wildman–Crippen LogP) is 1.75. The van der Waals surface area contributed by atoms with E-state index in [0.717, 1.165) is 0 Å². The van der Waals surface area contributed by atoms with Crippen LogP contribution in [0.4, 0.5) is 4.39 Å². The normalized spacial score (nSPS) is 52.5. The average Bonchev–Trinajstić information content (AvgIpc) is 2.83. The number of carbonyl (C=O) groups is 2. The molecule has 4 rings (SSSR count). The molecule has 0 aromatic carbocycles. The fourth-order valence-corrected chi connectivity index (χ4v) is 7.38. The van der Waals surface area contributed by atoms with Crippen molar-refractivity contribution in [3.05, 3.63) is 23.8 Å². The van der Waals surface area contributed by atoms with Crippen molar-refractivity contribution < 1.29 is 29.3 Å². The van der Waals surface area contributed by atoms with Crippen molar-refractivity contribution in [3.63, 3.8) is 0 Å². The number of aliphatic hydroxyl groups is 3. The molecule has 5 nitrogen and oxygen atoms in total. The minimum atomic E-state index is -1.74. The third-order valence-electron chi connectivity index (χ3n) is 8.63. The molecule has 6 heteroatoms. The molecule has 3 N–H and O–H groups in total. The Bertz CT molecular complexity index is 790. The molecule has 9 atom stereocenters. The van der Waals surface area contributed by atoms with Gasteiger partial charge in [0.05, 0.1) is 6.10 Å². The van der Waals surface area contributed by atoms with Gasteiger partial charge in [-0.2, -0.15) is 0 Å². The summed E-state index contributed by atoms with van der Waals surface area (Å²) in [6.07, 6.45) is 3.29. The Kier molecular flexibility index (Phi) is 4.32. The number of allylic oxidation sites excluding steroid dienone is 4. The maximum Gasteiger partial charge on any atom is 0.190 e. The van der Waals surface area contributed by atoms with Crippen molar-refractivity contribution >= 4 is 11.6 Å². The summed E-state index contributed by atoms with van der Waals surface area (Å²) in [5.41, 5.74) is -3.00. The van der Waals surface area contributed by atoms with Crippen LogP contribution in [0.1, 0.15) is 40.0 Å². The van der Waals surface area contributed by atoms with Gasteiger partial charge in [-0.15, -0.1) is 0 Å². The highest BCUT2D eigenvalue weighted by molar-refractivity contribution is 6.01. The van der Waals surface area contributed by atoms with Crippen LogP contribution in [0.15, 0.2) is 23.8 Å². The van der Waals surface area contributed by atoms with Gasteiger partial charge in [0.15, 0.2) is 11.6 Å². The maximum absolute atomic E-state index is 15.2. The van der Waals surface area contributed by atoms with Crippen LogP contribution in [0.25, 0.3) is 0 Å². The van der Waals surface area contributed by atoms with Crippen LogP contribution in [0, 0.1) is 34.5 Å². The largest absolute Gasteiger partial charge is 0.393 e. The highest BCUT2D eigenvalue weighted by atomic mass is 19.1. The molecule has 154 valence electrons. The van der Waals surface area contributed by atoms with Crippen LogP contribution in [-0.4, -0.2) is 51.4 Å². The van der Waals surface area contributed by atoms with E-state index in [1.165, 1.54) is 12.2 Å². The molecule has 0 aromatic heterocycles. The molecular weight excluding hydrogens is 363 g/mol. The smallest absolute Gasteiger partial charge is 0.190 e. The van der Waals surface area contributed by atoms with Gasteiger partial charge in [0, 0.05) is 16.7 Å². The molecular formula is C22H29FO5. The number of ketones is 2. The highest BCUT2D eigenvalue weighted by Crippen LogP contribution is 2.68. The summed E-state index contributed by atoms with van der Waals surface area (Å²) in [5, 5.41) is 32.1. The van der Waals surface area contributed by atoms with Crippen molar-refractivity contribution in [3.8, 4) is 0 Å². The van der Waals surface area contributed by atoms with E-state index in [1.54, 1.807) is 19.9 Å². The summed E-state index contributed by atoms with van der Waals surface area (Å²) in [6.45, 7) is 4.71. The molecule has 0 bridgehead atoms. The fraction of sp³-hybridized carbons (Fsp3) is 0.727. The second kappa shape index (κ2) is 6.07. The number of halogens is 1. The first-order valence-electron chi connectivity index (χ1n) is 10.1. The monoisotopic (exact) mass is 392 g/mol. The zero-order chi connectivity index (χ0) is 20.6. The number of rotatable bonds is 2. The topological polar surface area (TPSA) is 94.8 Å². The van der Waals surface area contributed by atoms with Crippen molar-refractivity contribution in [1.82, 2.24) is 0 Å². The van der Waals surface area contributed by atoms with E-state index in [2.05, 4.69) is 0 Å². The van der Waals surface area contributed by atoms with Gasteiger partial charge in [-0.1, -0.05) is 26.8 Å². The van der Waals surface area contributed by atoms with Crippen molar-refractivity contribution in [2.45, 2.75) is 57.9 Å². The zero-order valence-electron chi connectivity index (χ0n) is 16.6. The first-order valence-corrected chi connectivity index (χ1v) is 10.1. The SMILES string of the molecule is CC1CC2C3CC(F)C4=CC(=O)C=CC4(C)C3C(O)CC2(C)C1(O)C(=O)CO. The van der Waals surface area contributed by atoms with Crippen molar-refractivity contribution in [2.75, 3.05) is 6.61 Å². The van der Waals surface area contributed by atoms with Crippen LogP contribution < -0.4 is 0 Å². The van der Waals surface area contributed by atoms with E-state index in [4.69, 9.17) is 0 Å². The Balaban J connectivity index is 1.81. The zero-order valence-corrected chi connectivity index (χ0v) is 16.6. The maximum atomic E-state index is 15.2. The van der Waals surface area contributed by atoms with Gasteiger partial charge in [-0.3, -0.25) is 9.59 Å². The van der Waals surface area contributed by atoms with Crippen LogP contribution in [-0.2, 0) is 9.59 Å². The first kappa shape index (κ1) is 19.9. The van der Waals surface area contributed by atoms with Crippen molar-refractivity contribution in [1.29, 1.82) is 0 Å². The minimum absolute atomic E-state index is 0.154. The Morgan fingerprint density at radius 3 is 2.64 bits per heavy atom. The lowest BCUT2D eigenvalue weighted by molar-refractivity contribution is -0.185. The Hall–Kier alpha value is -1.37. The summed E-state index contributed by atoms with van der Waals surface area (Å²) < 4.78 is 15.2. The molecule has 0 spiro atoms. The molecule has 0 saturated heterocycles. The quantitative estimate of drug-likeness (QED) is 0.666. The van der Waals surface area contributed by atoms with Crippen molar-refractivity contribution in [2.24, 2.45) is 34.5 Å². The van der Waals surface area contributed by atoms with Gasteiger partial charge in [-0.05, 0) is 54.7 Å². The molecule has 9 unspecified atom stereocenters. The number of Topliss-reactive ketones (excluding diaryl/α,β-unsaturated/α-hetero) is 1. The minimum Gasteiger partial charge on any atom is -0.393 e. The molecule has 28 heavy (non-hydrogen) atoms. The molecule has 4 aliphatic carbocycles. The molecule has 4 aliphatic rings. The lowest BCUT2D eigenvalue weighted by Gasteiger charge is -2.60. The summed E-state index contributed by atoms with van der Waals surface area (Å²) >= 11 is 0. The van der Waals surface area contributed by atoms with E-state index >= 15 is 4.39 Å². The van der Waals surface area contributed by atoms with Gasteiger partial charge in [0.1, 0.15) is 18.4 Å². The number of carbonyl (C=O) groups excluding carboxylic acids is 2. The van der Waals surface area contributed by atoms with E-state index < -0.39 is 41.1 Å². The third kappa shape index (κ3) is 2.22. The van der Waals surface area contributed by atoms with Gasteiger partial charge in [-0.25, -0.2) is 4.39 Å². The summed E-state index contributed by atoms with van der Waals surface area (Å²) in [7, 11) is 0. The summed E-state index contributed by atoms with van der Waals surface area (Å²) in [4.78, 5) is 24.4. The summed E-state index contributed by atoms with van der Waals surface area (Å²) in [6, 6.07) is 0. The Morgan fingerprint density at radius 1 is 1.32 bits per heavy atom. The Labute approximate surface area is 164 Å². The number of aliphatic hydroxyl groups excluding tert-OH is 2. The second-order valence-corrected chi connectivity index (χ2v) is 9.79. The number of hydrogen-bond acceptors (Lipinski definition) is 5. The van der Waals surface area contributed by atoms with Crippen LogP contribution in [0.2, 0.25) is 0 Å². The van der Waals surface area contributed by atoms with Gasteiger partial charge >= 0.3 is 0 Å². The number of alkyl halides is 1. The molecule has 0 radical (unpaired) electrons. The summed E-state index contributed by atoms with van der Waals surface area (Å²) in [5.74, 6) is -1.92. The average molecular weight is 392 g/mol. The van der Waals surface area contributed by atoms with Gasteiger partial charge in [0.25, 0.3) is 0 Å². The lowest BCUT2D eigenvalue weighted by atomic mass is 9.46. The van der Waals surface area contributed by atoms with Gasteiger partial charge < -0.3 is 15.3 Å². The highest BCUT2D eigenvalue weighted by Gasteiger charge is 2.71. The lowest BCUT2D eigenvalue weighted by Crippen LogP contribution is -2.63. The van der Waals surface area contributed by atoms with E-state index in [9.17, 15) is 24.9 Å². The third-order valence-corrected chi connectivity index (χ3v) is 8.63. The second-order valence-electron chi connectivity index (χ2n) is 9.79. The molecule has 0 amide bonds. The molecule has 3 fully saturated rings. The molecule has 0 aliphatic heterocycles. The molecule has 0 aromatic rings. The number of hydrogen-bond donors (Lipinski definition) is 3. The van der Waals surface area contributed by atoms with Crippen LogP contribution in [0.3, 0.4) is 0 Å². The number of fused-ring (bicyclic) bond motifs is 5. The molecule has 3 saturated carbocycles. The first-order chi connectivity index (χ1) is 13.0. The van der Waals surface area contributed by atoms with E-state index in [1.807, 2.05) is 6.92 Å². The molecule has 0 heterocycles.